The molecule has 0 aliphatic heterocycles. The Morgan fingerprint density at radius 1 is 1.03 bits per heavy atom. The van der Waals surface area contributed by atoms with Crippen molar-refractivity contribution in [3.63, 3.8) is 0 Å². The fourth-order valence-electron chi connectivity index (χ4n) is 11.2. The van der Waals surface area contributed by atoms with Crippen molar-refractivity contribution in [3.05, 3.63) is 11.6 Å². The molecular weight excluding hydrogens is 440 g/mol. The maximum Gasteiger partial charge on any atom is 0.314 e. The Kier molecular flexibility index (Phi) is 5.73. The highest BCUT2D eigenvalue weighted by molar-refractivity contribution is 5.81. The molecular formula is C30H48O5. The van der Waals surface area contributed by atoms with E-state index in [0.29, 0.717) is 31.1 Å². The molecule has 5 aliphatic rings. The third-order valence-electron chi connectivity index (χ3n) is 13.2. The van der Waals surface area contributed by atoms with Crippen LogP contribution in [0.3, 0.4) is 0 Å². The Morgan fingerprint density at radius 3 is 2.34 bits per heavy atom. The van der Waals surface area contributed by atoms with Gasteiger partial charge in [0, 0.05) is 11.3 Å². The van der Waals surface area contributed by atoms with Crippen molar-refractivity contribution in [2.75, 3.05) is 6.61 Å². The fourth-order valence-corrected chi connectivity index (χ4v) is 11.2. The molecule has 0 aromatic rings. The van der Waals surface area contributed by atoms with Gasteiger partial charge in [-0.25, -0.2) is 0 Å². The van der Waals surface area contributed by atoms with Crippen LogP contribution in [0.1, 0.15) is 92.9 Å². The minimum Gasteiger partial charge on any atom is -0.481 e. The van der Waals surface area contributed by atoms with E-state index < -0.39 is 34.4 Å². The van der Waals surface area contributed by atoms with Crippen LogP contribution in [-0.4, -0.2) is 45.2 Å². The number of aliphatic hydroxyl groups excluding tert-OH is 3. The number of carbonyl (C=O) groups is 1. The second-order valence-electron chi connectivity index (χ2n) is 14.6. The first kappa shape index (κ1) is 25.7. The molecule has 0 aromatic heterocycles. The zero-order valence-electron chi connectivity index (χ0n) is 22.7. The van der Waals surface area contributed by atoms with Gasteiger partial charge in [0.15, 0.2) is 0 Å². The molecule has 4 saturated carbocycles. The summed E-state index contributed by atoms with van der Waals surface area (Å²) >= 11 is 0. The Hall–Kier alpha value is -0.910. The topological polar surface area (TPSA) is 98.0 Å². The molecule has 12 atom stereocenters. The van der Waals surface area contributed by atoms with Gasteiger partial charge in [0.2, 0.25) is 0 Å². The normalized spacial score (nSPS) is 57.7. The number of hydrogen-bond donors (Lipinski definition) is 4. The summed E-state index contributed by atoms with van der Waals surface area (Å²) in [5, 5.41) is 44.2. The minimum atomic E-state index is -0.966. The lowest BCUT2D eigenvalue weighted by Crippen LogP contribution is -2.70. The zero-order valence-corrected chi connectivity index (χ0v) is 22.7. The Bertz CT molecular complexity index is 930. The molecule has 4 N–H and O–H groups in total. The van der Waals surface area contributed by atoms with Crippen LogP contribution in [0, 0.1) is 56.7 Å². The van der Waals surface area contributed by atoms with E-state index >= 15 is 0 Å². The van der Waals surface area contributed by atoms with E-state index in [1.807, 2.05) is 6.92 Å². The minimum absolute atomic E-state index is 0.0855. The molecule has 0 saturated heterocycles. The number of fused-ring (bicyclic) bond motifs is 7. The third-order valence-corrected chi connectivity index (χ3v) is 13.2. The molecule has 0 heterocycles. The molecule has 35 heavy (non-hydrogen) atoms. The van der Waals surface area contributed by atoms with Gasteiger partial charge >= 0.3 is 5.97 Å². The highest BCUT2D eigenvalue weighted by Crippen LogP contribution is 2.75. The Labute approximate surface area is 211 Å². The number of carboxylic acids is 1. The third kappa shape index (κ3) is 2.95. The van der Waals surface area contributed by atoms with E-state index in [2.05, 4.69) is 40.7 Å². The van der Waals surface area contributed by atoms with Crippen molar-refractivity contribution in [1.29, 1.82) is 0 Å². The molecule has 0 aromatic carbocycles. The first-order valence-corrected chi connectivity index (χ1v) is 14.1. The van der Waals surface area contributed by atoms with Gasteiger partial charge in [-0.3, -0.25) is 4.79 Å². The van der Waals surface area contributed by atoms with Gasteiger partial charge < -0.3 is 20.4 Å². The average molecular weight is 489 g/mol. The predicted octanol–water partition coefficient (Wildman–Crippen LogP) is 5.03. The first-order valence-electron chi connectivity index (χ1n) is 14.1. The van der Waals surface area contributed by atoms with Crippen LogP contribution in [0.15, 0.2) is 11.6 Å². The molecule has 0 amide bonds. The van der Waals surface area contributed by atoms with E-state index in [4.69, 9.17) is 0 Å². The predicted molar refractivity (Wildman–Crippen MR) is 135 cm³/mol. The number of aliphatic hydroxyl groups is 3. The molecule has 0 unspecified atom stereocenters. The van der Waals surface area contributed by atoms with Crippen LogP contribution < -0.4 is 0 Å². The van der Waals surface area contributed by atoms with Crippen LogP contribution in [0.2, 0.25) is 0 Å². The van der Waals surface area contributed by atoms with Gasteiger partial charge in [-0.05, 0) is 91.3 Å². The lowest BCUT2D eigenvalue weighted by atomic mass is 9.32. The average Bonchev–Trinajstić information content (AvgIpc) is 2.78. The van der Waals surface area contributed by atoms with Crippen LogP contribution in [0.4, 0.5) is 0 Å². The largest absolute Gasteiger partial charge is 0.481 e. The quantitative estimate of drug-likeness (QED) is 0.409. The Morgan fingerprint density at radius 2 is 1.71 bits per heavy atom. The van der Waals surface area contributed by atoms with E-state index in [-0.39, 0.29) is 35.2 Å². The Balaban J connectivity index is 1.69. The summed E-state index contributed by atoms with van der Waals surface area (Å²) in [7, 11) is 0. The number of rotatable bonds is 2. The van der Waals surface area contributed by atoms with Crippen molar-refractivity contribution < 1.29 is 25.2 Å². The molecule has 5 heteroatoms. The number of aliphatic carboxylic acids is 1. The molecule has 5 aliphatic carbocycles. The summed E-state index contributed by atoms with van der Waals surface area (Å²) in [6.07, 6.45) is 7.42. The van der Waals surface area contributed by atoms with Crippen LogP contribution in [0.5, 0.6) is 0 Å². The smallest absolute Gasteiger partial charge is 0.314 e. The van der Waals surface area contributed by atoms with Crippen molar-refractivity contribution in [2.24, 2.45) is 56.7 Å². The molecule has 198 valence electrons. The summed E-state index contributed by atoms with van der Waals surface area (Å²) in [5.74, 6) is 0.407. The van der Waals surface area contributed by atoms with E-state index in [1.54, 1.807) is 0 Å². The molecule has 0 radical (unpaired) electrons. The number of allylic oxidation sites excluding steroid dienone is 1. The van der Waals surface area contributed by atoms with Gasteiger partial charge in [-0.2, -0.15) is 0 Å². The summed E-state index contributed by atoms with van der Waals surface area (Å²) in [5.41, 5.74) is -1.37. The van der Waals surface area contributed by atoms with Crippen LogP contribution in [0.25, 0.3) is 0 Å². The van der Waals surface area contributed by atoms with Crippen molar-refractivity contribution >= 4 is 5.97 Å². The van der Waals surface area contributed by atoms with E-state index in [1.165, 1.54) is 6.42 Å². The lowest BCUT2D eigenvalue weighted by Gasteiger charge is -2.71. The highest BCUT2D eigenvalue weighted by Gasteiger charge is 2.73. The summed E-state index contributed by atoms with van der Waals surface area (Å²) in [4.78, 5) is 13.5. The fraction of sp³-hybridized carbons (Fsp3) is 0.900. The molecule has 0 bridgehead atoms. The van der Waals surface area contributed by atoms with Crippen molar-refractivity contribution in [2.45, 2.75) is 105 Å². The second-order valence-corrected chi connectivity index (χ2v) is 14.6. The zero-order chi connectivity index (χ0) is 25.8. The monoisotopic (exact) mass is 488 g/mol. The highest BCUT2D eigenvalue weighted by atomic mass is 16.4. The van der Waals surface area contributed by atoms with Gasteiger partial charge in [-0.1, -0.05) is 53.2 Å². The molecule has 0 spiro atoms. The van der Waals surface area contributed by atoms with Gasteiger partial charge in [0.25, 0.3) is 0 Å². The van der Waals surface area contributed by atoms with E-state index in [0.717, 1.165) is 31.3 Å². The molecule has 4 fully saturated rings. The standard InChI is InChI=1S/C30H48O5/c1-17-9-11-26(3)13-14-30(25(34)35)19(23(26)18(17)2)7-8-21-27(4)12-10-22(33)28(5,16-31)24(27)20(32)15-29(21,30)6/h7,17-18,20-24,31-33H,8-16H2,1-6H3,(H,34,35)/t17-,18+,20-,21-,22+,23+,24-,26-,27-,28+,29-,30-/m1/s1. The summed E-state index contributed by atoms with van der Waals surface area (Å²) < 4.78 is 0. The maximum atomic E-state index is 13.5. The van der Waals surface area contributed by atoms with Gasteiger partial charge in [0.05, 0.1) is 24.2 Å². The van der Waals surface area contributed by atoms with E-state index in [9.17, 15) is 25.2 Å². The van der Waals surface area contributed by atoms with Gasteiger partial charge in [-0.15, -0.1) is 0 Å². The van der Waals surface area contributed by atoms with Crippen molar-refractivity contribution in [1.82, 2.24) is 0 Å². The number of hydrogen-bond acceptors (Lipinski definition) is 4. The summed E-state index contributed by atoms with van der Waals surface area (Å²) in [6.45, 7) is 13.2. The maximum absolute atomic E-state index is 13.5. The number of carboxylic acid groups (broad SMARTS) is 1. The molecule has 5 rings (SSSR count). The SMILES string of the molecule is C[C@H]1[C@H](C)CC[C@]2(C)CC[C@]3(C(=O)O)C(=CC[C@@H]4[C@@]5(C)CC[C@H](O)[C@](C)(CO)[C@@H]5[C@H](O)C[C@]43C)[C@H]12. The van der Waals surface area contributed by atoms with Crippen molar-refractivity contribution in [3.8, 4) is 0 Å². The summed E-state index contributed by atoms with van der Waals surface area (Å²) in [6, 6.07) is 0. The van der Waals surface area contributed by atoms with Crippen LogP contribution >= 0.6 is 0 Å². The van der Waals surface area contributed by atoms with Crippen LogP contribution in [-0.2, 0) is 4.79 Å². The van der Waals surface area contributed by atoms with Gasteiger partial charge in [0.1, 0.15) is 0 Å². The second kappa shape index (κ2) is 7.80. The molecule has 5 nitrogen and oxygen atoms in total. The lowest BCUT2D eigenvalue weighted by molar-refractivity contribution is -0.254. The first-order chi connectivity index (χ1) is 16.2.